The van der Waals surface area contributed by atoms with Crippen molar-refractivity contribution in [3.05, 3.63) is 41.3 Å². The number of thiophene rings is 1. The highest BCUT2D eigenvalue weighted by molar-refractivity contribution is 7.19. The van der Waals surface area contributed by atoms with E-state index >= 15 is 0 Å². The number of aromatic nitrogens is 3. The smallest absolute Gasteiger partial charge is 0.141 e. The first-order chi connectivity index (χ1) is 12.8. The zero-order valence-electron chi connectivity index (χ0n) is 15.1. The maximum absolute atomic E-state index is 4.72. The van der Waals surface area contributed by atoms with Crippen LogP contribution in [0.25, 0.3) is 10.2 Å². The molecule has 0 bridgehead atoms. The average molecular weight is 366 g/mol. The van der Waals surface area contributed by atoms with Gasteiger partial charge in [0.05, 0.1) is 5.39 Å². The summed E-state index contributed by atoms with van der Waals surface area (Å²) in [6.45, 7) is 6.38. The quantitative estimate of drug-likeness (QED) is 0.695. The van der Waals surface area contributed by atoms with E-state index in [1.165, 1.54) is 45.6 Å². The average Bonchev–Trinajstić information content (AvgIpc) is 3.06. The predicted molar refractivity (Wildman–Crippen MR) is 107 cm³/mol. The summed E-state index contributed by atoms with van der Waals surface area (Å²) in [6, 6.07) is 4.18. The Hall–Kier alpha value is -2.21. The van der Waals surface area contributed by atoms with Gasteiger partial charge in [-0.3, -0.25) is 4.98 Å². The second-order valence-corrected chi connectivity index (χ2v) is 8.49. The molecule has 5 rings (SSSR count). The Morgan fingerprint density at radius 1 is 1.04 bits per heavy atom. The fourth-order valence-corrected chi connectivity index (χ4v) is 5.57. The number of piperazine rings is 1. The lowest BCUT2D eigenvalue weighted by atomic mass is 9.89. The number of nitrogens with zero attached hydrogens (tertiary/aromatic N) is 5. The van der Waals surface area contributed by atoms with Gasteiger partial charge in [-0.2, -0.15) is 0 Å². The van der Waals surface area contributed by atoms with Crippen LogP contribution < -0.4 is 9.80 Å². The third kappa shape index (κ3) is 2.72. The van der Waals surface area contributed by atoms with Crippen molar-refractivity contribution in [3.8, 4) is 0 Å². The Bertz CT molecular complexity index is 915. The molecule has 4 heterocycles. The van der Waals surface area contributed by atoms with Gasteiger partial charge in [0.15, 0.2) is 0 Å². The molecule has 0 saturated carbocycles. The van der Waals surface area contributed by atoms with Crippen LogP contribution in [0.1, 0.15) is 23.8 Å². The topological polar surface area (TPSA) is 45.2 Å². The van der Waals surface area contributed by atoms with Crippen molar-refractivity contribution in [1.29, 1.82) is 0 Å². The second-order valence-electron chi connectivity index (χ2n) is 7.41. The van der Waals surface area contributed by atoms with Crippen LogP contribution in [0.5, 0.6) is 0 Å². The van der Waals surface area contributed by atoms with Gasteiger partial charge in [0.2, 0.25) is 0 Å². The zero-order chi connectivity index (χ0) is 17.5. The lowest BCUT2D eigenvalue weighted by molar-refractivity contribution is 0.509. The number of hydrogen-bond acceptors (Lipinski definition) is 6. The van der Waals surface area contributed by atoms with E-state index in [-0.39, 0.29) is 0 Å². The normalized spacial score (nSPS) is 20.4. The molecule has 1 fully saturated rings. The molecule has 134 valence electrons. The molecule has 1 aliphatic heterocycles. The Morgan fingerprint density at radius 2 is 1.81 bits per heavy atom. The molecular formula is C20H23N5S. The van der Waals surface area contributed by atoms with Gasteiger partial charge in [-0.15, -0.1) is 11.3 Å². The first kappa shape index (κ1) is 16.0. The molecule has 0 aromatic carbocycles. The van der Waals surface area contributed by atoms with E-state index in [4.69, 9.17) is 4.98 Å². The van der Waals surface area contributed by atoms with Gasteiger partial charge in [-0.05, 0) is 42.9 Å². The van der Waals surface area contributed by atoms with Gasteiger partial charge in [-0.25, -0.2) is 9.97 Å². The minimum absolute atomic E-state index is 0.788. The van der Waals surface area contributed by atoms with Crippen LogP contribution in [0, 0.1) is 5.92 Å². The van der Waals surface area contributed by atoms with Crippen LogP contribution in [0.3, 0.4) is 0 Å². The number of aryl methyl sites for hydroxylation is 1. The molecule has 3 aromatic rings. The van der Waals surface area contributed by atoms with Crippen LogP contribution in [0.2, 0.25) is 0 Å². The summed E-state index contributed by atoms with van der Waals surface area (Å²) in [5.74, 6) is 1.94. The van der Waals surface area contributed by atoms with E-state index in [0.29, 0.717) is 0 Å². The van der Waals surface area contributed by atoms with Crippen LogP contribution in [0.4, 0.5) is 11.5 Å². The van der Waals surface area contributed by atoms with Crippen molar-refractivity contribution >= 4 is 33.1 Å². The Morgan fingerprint density at radius 3 is 2.62 bits per heavy atom. The predicted octanol–water partition coefficient (Wildman–Crippen LogP) is 3.54. The summed E-state index contributed by atoms with van der Waals surface area (Å²) in [7, 11) is 0. The van der Waals surface area contributed by atoms with Crippen molar-refractivity contribution in [2.24, 2.45) is 5.92 Å². The Balaban J connectivity index is 1.43. The number of anilines is 2. The molecule has 6 heteroatoms. The minimum Gasteiger partial charge on any atom is -0.368 e. The van der Waals surface area contributed by atoms with Crippen molar-refractivity contribution < 1.29 is 0 Å². The van der Waals surface area contributed by atoms with Gasteiger partial charge in [0, 0.05) is 49.1 Å². The van der Waals surface area contributed by atoms with E-state index in [2.05, 4.69) is 38.8 Å². The molecule has 0 unspecified atom stereocenters. The molecule has 0 amide bonds. The summed E-state index contributed by atoms with van der Waals surface area (Å²) < 4.78 is 0. The van der Waals surface area contributed by atoms with Crippen LogP contribution in [0.15, 0.2) is 30.9 Å². The van der Waals surface area contributed by atoms with Crippen molar-refractivity contribution in [2.75, 3.05) is 36.0 Å². The molecule has 0 N–H and O–H groups in total. The lowest BCUT2D eigenvalue weighted by Crippen LogP contribution is -2.47. The van der Waals surface area contributed by atoms with E-state index in [0.717, 1.165) is 37.9 Å². The summed E-state index contributed by atoms with van der Waals surface area (Å²) in [6.07, 6.45) is 9.14. The number of fused-ring (bicyclic) bond motifs is 3. The molecule has 26 heavy (non-hydrogen) atoms. The SMILES string of the molecule is C[C@H]1CCc2c(sc3ncnc(N4CCN(c5ccncc5)CC4)c23)C1. The highest BCUT2D eigenvalue weighted by Gasteiger charge is 2.26. The van der Waals surface area contributed by atoms with Crippen molar-refractivity contribution in [3.63, 3.8) is 0 Å². The molecule has 5 nitrogen and oxygen atoms in total. The first-order valence-corrected chi connectivity index (χ1v) is 10.3. The van der Waals surface area contributed by atoms with Gasteiger partial charge >= 0.3 is 0 Å². The standard InChI is InChI=1S/C20H23N5S/c1-14-2-3-16-17(12-14)26-20-18(16)19(22-13-23-20)25-10-8-24(9-11-25)15-4-6-21-7-5-15/h4-7,13-14H,2-3,8-12H2,1H3/t14-/m0/s1. The summed E-state index contributed by atoms with van der Waals surface area (Å²) in [4.78, 5) is 21.0. The molecule has 2 aliphatic rings. The number of hydrogen-bond donors (Lipinski definition) is 0. The third-order valence-corrected chi connectivity index (χ3v) is 6.84. The van der Waals surface area contributed by atoms with E-state index in [1.807, 2.05) is 23.7 Å². The number of rotatable bonds is 2. The fourth-order valence-electron chi connectivity index (χ4n) is 4.23. The minimum atomic E-state index is 0.788. The highest BCUT2D eigenvalue weighted by Crippen LogP contribution is 2.40. The lowest BCUT2D eigenvalue weighted by Gasteiger charge is -2.37. The van der Waals surface area contributed by atoms with Crippen molar-refractivity contribution in [1.82, 2.24) is 15.0 Å². The van der Waals surface area contributed by atoms with Crippen LogP contribution in [-0.4, -0.2) is 41.1 Å². The van der Waals surface area contributed by atoms with Crippen LogP contribution in [-0.2, 0) is 12.8 Å². The molecule has 0 spiro atoms. The Labute approximate surface area is 157 Å². The largest absolute Gasteiger partial charge is 0.368 e. The van der Waals surface area contributed by atoms with Gasteiger partial charge in [-0.1, -0.05) is 6.92 Å². The molecular weight excluding hydrogens is 342 g/mol. The second kappa shape index (κ2) is 6.50. The maximum Gasteiger partial charge on any atom is 0.141 e. The summed E-state index contributed by atoms with van der Waals surface area (Å²) >= 11 is 1.88. The molecule has 1 aliphatic carbocycles. The monoisotopic (exact) mass is 365 g/mol. The van der Waals surface area contributed by atoms with E-state index < -0.39 is 0 Å². The molecule has 1 atom stereocenters. The summed E-state index contributed by atoms with van der Waals surface area (Å²) in [5.41, 5.74) is 2.78. The highest BCUT2D eigenvalue weighted by atomic mass is 32.1. The zero-order valence-corrected chi connectivity index (χ0v) is 15.9. The van der Waals surface area contributed by atoms with Crippen molar-refractivity contribution in [2.45, 2.75) is 26.2 Å². The Kier molecular flexibility index (Phi) is 4.00. The first-order valence-electron chi connectivity index (χ1n) is 9.45. The van der Waals surface area contributed by atoms with E-state index in [9.17, 15) is 0 Å². The van der Waals surface area contributed by atoms with E-state index in [1.54, 1.807) is 6.33 Å². The molecule has 1 saturated heterocycles. The van der Waals surface area contributed by atoms with Gasteiger partial charge in [0.1, 0.15) is 17.0 Å². The van der Waals surface area contributed by atoms with Gasteiger partial charge < -0.3 is 9.80 Å². The molecule has 0 radical (unpaired) electrons. The van der Waals surface area contributed by atoms with Crippen LogP contribution >= 0.6 is 11.3 Å². The number of pyridine rings is 1. The molecule has 3 aromatic heterocycles. The third-order valence-electron chi connectivity index (χ3n) is 5.68. The summed E-state index contributed by atoms with van der Waals surface area (Å²) in [5, 5.41) is 1.33. The maximum atomic E-state index is 4.72. The fraction of sp³-hybridized carbons (Fsp3) is 0.450. The van der Waals surface area contributed by atoms with Gasteiger partial charge in [0.25, 0.3) is 0 Å².